The van der Waals surface area contributed by atoms with Crippen LogP contribution in [0.4, 0.5) is 4.39 Å². The van der Waals surface area contributed by atoms with Crippen LogP contribution in [0.5, 0.6) is 0 Å². The molecule has 0 amide bonds. The smallest absolute Gasteiger partial charge is 0.160 e. The van der Waals surface area contributed by atoms with Crippen LogP contribution in [0, 0.1) is 0 Å². The van der Waals surface area contributed by atoms with E-state index in [1.165, 1.54) is 29.9 Å². The Morgan fingerprint density at radius 3 is 2.65 bits per heavy atom. The van der Waals surface area contributed by atoms with E-state index in [2.05, 4.69) is 5.10 Å². The maximum absolute atomic E-state index is 13.9. The van der Waals surface area contributed by atoms with Gasteiger partial charge < -0.3 is 0 Å². The molecule has 3 nitrogen and oxygen atoms in total. The van der Waals surface area contributed by atoms with Crippen molar-refractivity contribution in [2.75, 3.05) is 0 Å². The molecule has 0 radical (unpaired) electrons. The summed E-state index contributed by atoms with van der Waals surface area (Å²) in [5.74, 6) is 0. The second-order valence-electron chi connectivity index (χ2n) is 4.33. The summed E-state index contributed by atoms with van der Waals surface area (Å²) >= 11 is 1.35. The molecule has 90 valence electrons. The molecule has 2 aromatic rings. The molecule has 0 aliphatic carbocycles. The Hall–Kier alpha value is -1.49. The van der Waals surface area contributed by atoms with Crippen molar-refractivity contribution in [3.8, 4) is 10.6 Å². The second kappa shape index (κ2) is 4.07. The number of aldehydes is 1. The summed E-state index contributed by atoms with van der Waals surface area (Å²) in [6, 6.07) is 5.29. The van der Waals surface area contributed by atoms with E-state index in [1.54, 1.807) is 19.2 Å². The van der Waals surface area contributed by atoms with E-state index in [0.29, 0.717) is 16.3 Å². The normalized spacial score (nSPS) is 11.8. The van der Waals surface area contributed by atoms with Gasteiger partial charge in [-0.2, -0.15) is 5.10 Å². The molecule has 0 atom stereocenters. The standard InChI is InChI=1S/C12H13FN2OS/c1-12(2,13)11-6-9(14-15(11)3)10-5-4-8(7-16)17-10/h4-7H,1-3H3. The average Bonchev–Trinajstić information content (AvgIpc) is 2.81. The fourth-order valence-electron chi connectivity index (χ4n) is 1.70. The maximum Gasteiger partial charge on any atom is 0.160 e. The van der Waals surface area contributed by atoms with E-state index in [-0.39, 0.29) is 0 Å². The van der Waals surface area contributed by atoms with E-state index in [1.807, 2.05) is 6.07 Å². The predicted octanol–water partition coefficient (Wildman–Crippen LogP) is 3.17. The molecule has 0 aliphatic rings. The molecule has 2 heterocycles. The zero-order valence-corrected chi connectivity index (χ0v) is 10.7. The Morgan fingerprint density at radius 1 is 1.47 bits per heavy atom. The Labute approximate surface area is 103 Å². The van der Waals surface area contributed by atoms with Crippen molar-refractivity contribution in [1.82, 2.24) is 9.78 Å². The topological polar surface area (TPSA) is 34.9 Å². The highest BCUT2D eigenvalue weighted by Gasteiger charge is 2.24. The van der Waals surface area contributed by atoms with Gasteiger partial charge in [0.1, 0.15) is 11.4 Å². The number of hydrogen-bond donors (Lipinski definition) is 0. The Kier molecular flexibility index (Phi) is 2.87. The summed E-state index contributed by atoms with van der Waals surface area (Å²) in [7, 11) is 1.72. The highest BCUT2D eigenvalue weighted by atomic mass is 32.1. The first-order valence-electron chi connectivity index (χ1n) is 5.20. The van der Waals surface area contributed by atoms with Crippen molar-refractivity contribution in [1.29, 1.82) is 0 Å². The molecule has 5 heteroatoms. The van der Waals surface area contributed by atoms with Crippen LogP contribution in [0.15, 0.2) is 18.2 Å². The lowest BCUT2D eigenvalue weighted by molar-refractivity contribution is 0.112. The summed E-state index contributed by atoms with van der Waals surface area (Å²) in [6.45, 7) is 3.00. The van der Waals surface area contributed by atoms with Gasteiger partial charge in [-0.3, -0.25) is 9.48 Å². The van der Waals surface area contributed by atoms with Gasteiger partial charge in [-0.15, -0.1) is 11.3 Å². The van der Waals surface area contributed by atoms with Crippen molar-refractivity contribution in [3.05, 3.63) is 28.8 Å². The van der Waals surface area contributed by atoms with E-state index in [0.717, 1.165) is 11.2 Å². The van der Waals surface area contributed by atoms with Crippen LogP contribution >= 0.6 is 11.3 Å². The molecule has 0 spiro atoms. The minimum atomic E-state index is -1.43. The van der Waals surface area contributed by atoms with E-state index >= 15 is 0 Å². The fraction of sp³-hybridized carbons (Fsp3) is 0.333. The lowest BCUT2D eigenvalue weighted by Crippen LogP contribution is -2.14. The molecule has 0 saturated heterocycles. The molecule has 0 aliphatic heterocycles. The van der Waals surface area contributed by atoms with Crippen molar-refractivity contribution in [3.63, 3.8) is 0 Å². The molecule has 2 aromatic heterocycles. The predicted molar refractivity (Wildman–Crippen MR) is 66.0 cm³/mol. The molecular formula is C12H13FN2OS. The molecule has 17 heavy (non-hydrogen) atoms. The third-order valence-corrected chi connectivity index (χ3v) is 3.52. The van der Waals surface area contributed by atoms with Gasteiger partial charge in [-0.25, -0.2) is 4.39 Å². The summed E-state index contributed by atoms with van der Waals surface area (Å²) < 4.78 is 15.4. The van der Waals surface area contributed by atoms with E-state index < -0.39 is 5.67 Å². The first kappa shape index (κ1) is 12.0. The van der Waals surface area contributed by atoms with Crippen LogP contribution in [0.3, 0.4) is 0 Å². The number of thiophene rings is 1. The number of carbonyl (C=O) groups is 1. The van der Waals surface area contributed by atoms with Crippen LogP contribution in [-0.4, -0.2) is 16.1 Å². The molecule has 0 unspecified atom stereocenters. The maximum atomic E-state index is 13.9. The molecule has 2 rings (SSSR count). The SMILES string of the molecule is Cn1nc(-c2ccc(C=O)s2)cc1C(C)(C)F. The number of rotatable bonds is 3. The zero-order chi connectivity index (χ0) is 12.6. The second-order valence-corrected chi connectivity index (χ2v) is 5.45. The highest BCUT2D eigenvalue weighted by molar-refractivity contribution is 7.17. The lowest BCUT2D eigenvalue weighted by Gasteiger charge is -2.13. The third kappa shape index (κ3) is 2.29. The van der Waals surface area contributed by atoms with Crippen LogP contribution in [0.25, 0.3) is 10.6 Å². The quantitative estimate of drug-likeness (QED) is 0.786. The van der Waals surface area contributed by atoms with Crippen molar-refractivity contribution in [2.45, 2.75) is 19.5 Å². The number of halogens is 1. The highest BCUT2D eigenvalue weighted by Crippen LogP contribution is 2.31. The van der Waals surface area contributed by atoms with Crippen molar-refractivity contribution >= 4 is 17.6 Å². The Bertz CT molecular complexity index is 551. The first-order chi connectivity index (χ1) is 7.91. The largest absolute Gasteiger partial charge is 0.297 e. The van der Waals surface area contributed by atoms with Crippen LogP contribution in [0.2, 0.25) is 0 Å². The molecule has 0 aromatic carbocycles. The molecular weight excluding hydrogens is 239 g/mol. The number of aryl methyl sites for hydroxylation is 1. The van der Waals surface area contributed by atoms with Gasteiger partial charge in [-0.05, 0) is 32.0 Å². The van der Waals surface area contributed by atoms with Crippen LogP contribution < -0.4 is 0 Å². The van der Waals surface area contributed by atoms with Crippen LogP contribution in [-0.2, 0) is 12.7 Å². The van der Waals surface area contributed by atoms with Gasteiger partial charge in [-0.1, -0.05) is 0 Å². The van der Waals surface area contributed by atoms with Crippen molar-refractivity contribution in [2.24, 2.45) is 7.05 Å². The van der Waals surface area contributed by atoms with Crippen LogP contribution in [0.1, 0.15) is 29.2 Å². The van der Waals surface area contributed by atoms with Gasteiger partial charge >= 0.3 is 0 Å². The van der Waals surface area contributed by atoms with E-state index in [4.69, 9.17) is 0 Å². The van der Waals surface area contributed by atoms with Gasteiger partial charge in [0.25, 0.3) is 0 Å². The van der Waals surface area contributed by atoms with Gasteiger partial charge in [0, 0.05) is 7.05 Å². The lowest BCUT2D eigenvalue weighted by atomic mass is 10.1. The van der Waals surface area contributed by atoms with Gasteiger partial charge in [0.15, 0.2) is 6.29 Å². The number of aromatic nitrogens is 2. The summed E-state index contributed by atoms with van der Waals surface area (Å²) in [5, 5.41) is 4.27. The van der Waals surface area contributed by atoms with Gasteiger partial charge in [0.05, 0.1) is 15.4 Å². The summed E-state index contributed by atoms with van der Waals surface area (Å²) in [6.07, 6.45) is 0.803. The molecule has 0 fully saturated rings. The third-order valence-electron chi connectivity index (χ3n) is 2.48. The zero-order valence-electron chi connectivity index (χ0n) is 9.90. The Balaban J connectivity index is 2.44. The molecule has 0 bridgehead atoms. The summed E-state index contributed by atoms with van der Waals surface area (Å²) in [5.41, 5.74) is -0.204. The minimum Gasteiger partial charge on any atom is -0.297 e. The monoisotopic (exact) mass is 252 g/mol. The fourth-order valence-corrected chi connectivity index (χ4v) is 2.48. The number of hydrogen-bond acceptors (Lipinski definition) is 3. The number of nitrogens with zero attached hydrogens (tertiary/aromatic N) is 2. The Morgan fingerprint density at radius 2 is 2.18 bits per heavy atom. The van der Waals surface area contributed by atoms with Crippen molar-refractivity contribution < 1.29 is 9.18 Å². The summed E-state index contributed by atoms with van der Waals surface area (Å²) in [4.78, 5) is 12.1. The molecule has 0 saturated carbocycles. The average molecular weight is 252 g/mol. The molecule has 0 N–H and O–H groups in total. The number of carbonyl (C=O) groups excluding carboxylic acids is 1. The minimum absolute atomic E-state index is 0.522. The number of alkyl halides is 1. The van der Waals surface area contributed by atoms with E-state index in [9.17, 15) is 9.18 Å². The van der Waals surface area contributed by atoms with Gasteiger partial charge in [0.2, 0.25) is 0 Å². The first-order valence-corrected chi connectivity index (χ1v) is 6.02.